The second-order valence-electron chi connectivity index (χ2n) is 2.85. The molecule has 1 rings (SSSR count). The first-order chi connectivity index (χ1) is 6.52. The molecule has 1 amide bonds. The van der Waals surface area contributed by atoms with E-state index >= 15 is 0 Å². The van der Waals surface area contributed by atoms with Gasteiger partial charge in [-0.25, -0.2) is 8.78 Å². The van der Waals surface area contributed by atoms with E-state index in [4.69, 9.17) is 11.5 Å². The van der Waals surface area contributed by atoms with Gasteiger partial charge in [0.2, 0.25) is 5.91 Å². The molecule has 0 aliphatic heterocycles. The molecule has 5 heteroatoms. The van der Waals surface area contributed by atoms with E-state index in [-0.39, 0.29) is 5.56 Å². The highest BCUT2D eigenvalue weighted by Crippen LogP contribution is 2.21. The molecule has 0 heterocycles. The van der Waals surface area contributed by atoms with Crippen molar-refractivity contribution < 1.29 is 13.6 Å². The van der Waals surface area contributed by atoms with Gasteiger partial charge in [-0.2, -0.15) is 0 Å². The summed E-state index contributed by atoms with van der Waals surface area (Å²) in [6, 6.07) is 4.32. The van der Waals surface area contributed by atoms with E-state index in [2.05, 4.69) is 0 Å². The molecule has 14 heavy (non-hydrogen) atoms. The number of benzene rings is 1. The first-order valence-electron chi connectivity index (χ1n) is 3.95. The van der Waals surface area contributed by atoms with Crippen molar-refractivity contribution in [3.8, 4) is 0 Å². The summed E-state index contributed by atoms with van der Waals surface area (Å²) in [6.07, 6.45) is -2.57. The summed E-state index contributed by atoms with van der Waals surface area (Å²) in [4.78, 5) is 10.7. The highest BCUT2D eigenvalue weighted by molar-refractivity contribution is 5.81. The lowest BCUT2D eigenvalue weighted by Crippen LogP contribution is -2.28. The topological polar surface area (TPSA) is 69.1 Å². The molecule has 3 nitrogen and oxygen atoms in total. The summed E-state index contributed by atoms with van der Waals surface area (Å²) < 4.78 is 24.5. The monoisotopic (exact) mass is 200 g/mol. The first kappa shape index (κ1) is 10.6. The number of amides is 1. The van der Waals surface area contributed by atoms with Gasteiger partial charge < -0.3 is 11.5 Å². The summed E-state index contributed by atoms with van der Waals surface area (Å²) in [6.45, 7) is 0. The van der Waals surface area contributed by atoms with E-state index in [1.165, 1.54) is 24.3 Å². The van der Waals surface area contributed by atoms with Crippen molar-refractivity contribution in [1.82, 2.24) is 0 Å². The molecular weight excluding hydrogens is 190 g/mol. The minimum atomic E-state index is -2.57. The Bertz CT molecular complexity index is 341. The largest absolute Gasteiger partial charge is 0.368 e. The number of halogens is 2. The van der Waals surface area contributed by atoms with Crippen LogP contribution in [-0.2, 0) is 4.79 Å². The predicted molar refractivity (Wildman–Crippen MR) is 47.5 cm³/mol. The molecule has 0 saturated carbocycles. The van der Waals surface area contributed by atoms with Gasteiger partial charge in [-0.3, -0.25) is 4.79 Å². The van der Waals surface area contributed by atoms with Crippen LogP contribution in [-0.4, -0.2) is 5.91 Å². The molecule has 0 fully saturated rings. The highest BCUT2D eigenvalue weighted by Gasteiger charge is 2.14. The molecule has 1 atom stereocenters. The summed E-state index contributed by atoms with van der Waals surface area (Å²) in [5.74, 6) is -0.739. The minimum Gasteiger partial charge on any atom is -0.368 e. The van der Waals surface area contributed by atoms with E-state index in [0.717, 1.165) is 0 Å². The number of nitrogens with two attached hydrogens (primary N) is 2. The Kier molecular flexibility index (Phi) is 3.14. The lowest BCUT2D eigenvalue weighted by Gasteiger charge is -2.09. The van der Waals surface area contributed by atoms with Crippen LogP contribution in [0.15, 0.2) is 24.3 Å². The molecule has 0 saturated heterocycles. The second-order valence-corrected chi connectivity index (χ2v) is 2.85. The maximum atomic E-state index is 12.3. The molecule has 0 radical (unpaired) electrons. The van der Waals surface area contributed by atoms with Crippen molar-refractivity contribution in [2.45, 2.75) is 12.5 Å². The third kappa shape index (κ3) is 2.26. The van der Waals surface area contributed by atoms with Gasteiger partial charge in [0.05, 0.1) is 0 Å². The number of hydrogen-bond donors (Lipinski definition) is 2. The lowest BCUT2D eigenvalue weighted by molar-refractivity contribution is -0.119. The summed E-state index contributed by atoms with van der Waals surface area (Å²) >= 11 is 0. The molecule has 0 aliphatic rings. The van der Waals surface area contributed by atoms with Crippen LogP contribution in [0.3, 0.4) is 0 Å². The van der Waals surface area contributed by atoms with E-state index in [1.807, 2.05) is 0 Å². The molecule has 1 aromatic carbocycles. The van der Waals surface area contributed by atoms with Gasteiger partial charge in [-0.05, 0) is 11.6 Å². The Morgan fingerprint density at radius 3 is 2.36 bits per heavy atom. The smallest absolute Gasteiger partial charge is 0.263 e. The van der Waals surface area contributed by atoms with Gasteiger partial charge in [0.1, 0.15) is 6.04 Å². The van der Waals surface area contributed by atoms with Gasteiger partial charge in [0, 0.05) is 5.56 Å². The number of hydrogen-bond acceptors (Lipinski definition) is 2. The van der Waals surface area contributed by atoms with Crippen LogP contribution in [0, 0.1) is 0 Å². The molecule has 1 aromatic rings. The molecule has 0 spiro atoms. The van der Waals surface area contributed by atoms with E-state index in [0.29, 0.717) is 5.56 Å². The number of carbonyl (C=O) groups excluding carboxylic acids is 1. The Morgan fingerprint density at radius 1 is 1.29 bits per heavy atom. The van der Waals surface area contributed by atoms with Crippen LogP contribution < -0.4 is 11.5 Å². The van der Waals surface area contributed by atoms with Crippen LogP contribution in [0.4, 0.5) is 8.78 Å². The Hall–Kier alpha value is -1.49. The standard InChI is InChI=1S/C9H10F2N2O/c10-8(11)6-3-1-2-5(4-6)7(12)9(13)14/h1-4,7-8H,12H2,(H2,13,14). The molecule has 4 N–H and O–H groups in total. The zero-order valence-corrected chi connectivity index (χ0v) is 7.28. The van der Waals surface area contributed by atoms with Crippen LogP contribution >= 0.6 is 0 Å². The summed E-state index contributed by atoms with van der Waals surface area (Å²) in [5, 5.41) is 0. The fraction of sp³-hybridized carbons (Fsp3) is 0.222. The highest BCUT2D eigenvalue weighted by atomic mass is 19.3. The van der Waals surface area contributed by atoms with E-state index < -0.39 is 18.4 Å². The Balaban J connectivity index is 2.99. The minimum absolute atomic E-state index is 0.167. The Labute approximate surface area is 79.7 Å². The van der Waals surface area contributed by atoms with Crippen molar-refractivity contribution in [2.24, 2.45) is 11.5 Å². The molecular formula is C9H10F2N2O. The molecule has 0 aliphatic carbocycles. The average Bonchev–Trinajstić information content (AvgIpc) is 2.16. The second kappa shape index (κ2) is 4.15. The van der Waals surface area contributed by atoms with Crippen LogP contribution in [0.2, 0.25) is 0 Å². The molecule has 1 unspecified atom stereocenters. The molecule has 76 valence electrons. The predicted octanol–water partition coefficient (Wildman–Crippen LogP) is 1.11. The fourth-order valence-corrected chi connectivity index (χ4v) is 1.05. The number of rotatable bonds is 3. The van der Waals surface area contributed by atoms with Crippen molar-refractivity contribution >= 4 is 5.91 Å². The van der Waals surface area contributed by atoms with Crippen molar-refractivity contribution in [3.63, 3.8) is 0 Å². The average molecular weight is 200 g/mol. The first-order valence-corrected chi connectivity index (χ1v) is 3.95. The quantitative estimate of drug-likeness (QED) is 0.767. The van der Waals surface area contributed by atoms with Gasteiger partial charge >= 0.3 is 0 Å². The maximum absolute atomic E-state index is 12.3. The van der Waals surface area contributed by atoms with Gasteiger partial charge in [0.25, 0.3) is 6.43 Å². The van der Waals surface area contributed by atoms with Crippen LogP contribution in [0.5, 0.6) is 0 Å². The van der Waals surface area contributed by atoms with Crippen molar-refractivity contribution in [1.29, 1.82) is 0 Å². The Morgan fingerprint density at radius 2 is 1.86 bits per heavy atom. The third-order valence-electron chi connectivity index (χ3n) is 1.83. The van der Waals surface area contributed by atoms with Gasteiger partial charge in [-0.1, -0.05) is 18.2 Å². The van der Waals surface area contributed by atoms with Crippen molar-refractivity contribution in [3.05, 3.63) is 35.4 Å². The molecule has 0 bridgehead atoms. The normalized spacial score (nSPS) is 12.9. The number of alkyl halides is 2. The van der Waals surface area contributed by atoms with E-state index in [1.54, 1.807) is 0 Å². The number of primary amides is 1. The zero-order valence-electron chi connectivity index (χ0n) is 7.28. The van der Waals surface area contributed by atoms with E-state index in [9.17, 15) is 13.6 Å². The van der Waals surface area contributed by atoms with Gasteiger partial charge in [-0.15, -0.1) is 0 Å². The van der Waals surface area contributed by atoms with Gasteiger partial charge in [0.15, 0.2) is 0 Å². The SMILES string of the molecule is NC(=O)C(N)c1cccc(C(F)F)c1. The van der Waals surface area contributed by atoms with Crippen LogP contribution in [0.1, 0.15) is 23.6 Å². The van der Waals surface area contributed by atoms with Crippen LogP contribution in [0.25, 0.3) is 0 Å². The summed E-state index contributed by atoms with van der Waals surface area (Å²) in [5.41, 5.74) is 10.5. The zero-order chi connectivity index (χ0) is 10.7. The molecule has 0 aromatic heterocycles. The van der Waals surface area contributed by atoms with Crippen molar-refractivity contribution in [2.75, 3.05) is 0 Å². The number of carbonyl (C=O) groups is 1. The maximum Gasteiger partial charge on any atom is 0.263 e. The fourth-order valence-electron chi connectivity index (χ4n) is 1.05. The lowest BCUT2D eigenvalue weighted by atomic mass is 10.0. The third-order valence-corrected chi connectivity index (χ3v) is 1.83. The summed E-state index contributed by atoms with van der Waals surface area (Å²) in [7, 11) is 0.